The van der Waals surface area contributed by atoms with Crippen LogP contribution in [0.1, 0.15) is 41.6 Å². The van der Waals surface area contributed by atoms with Crippen LogP contribution in [-0.4, -0.2) is 19.1 Å². The first-order chi connectivity index (χ1) is 12.0. The highest BCUT2D eigenvalue weighted by Crippen LogP contribution is 2.31. The standard InChI is InChI=1S/C21H25NO3/c1-14-4-7-18(12-15(14)2)16(3)22-21(23)9-6-17-5-8-19-20(13-17)25-11-10-24-19/h4-5,7-8,12-13,16H,6,9-11H2,1-3H3,(H,22,23)/t16-/m1/s1. The molecule has 0 spiro atoms. The Morgan fingerprint density at radius 3 is 2.56 bits per heavy atom. The summed E-state index contributed by atoms with van der Waals surface area (Å²) in [7, 11) is 0. The Bertz CT molecular complexity index is 770. The van der Waals surface area contributed by atoms with Crippen molar-refractivity contribution < 1.29 is 14.3 Å². The monoisotopic (exact) mass is 339 g/mol. The van der Waals surface area contributed by atoms with E-state index in [4.69, 9.17) is 9.47 Å². The molecule has 0 bridgehead atoms. The van der Waals surface area contributed by atoms with Gasteiger partial charge in [-0.25, -0.2) is 0 Å². The number of benzene rings is 2. The molecule has 1 aliphatic rings. The first-order valence-corrected chi connectivity index (χ1v) is 8.78. The quantitative estimate of drug-likeness (QED) is 0.899. The van der Waals surface area contributed by atoms with Crippen molar-refractivity contribution in [2.75, 3.05) is 13.2 Å². The lowest BCUT2D eigenvalue weighted by molar-refractivity contribution is -0.121. The van der Waals surface area contributed by atoms with Crippen LogP contribution in [0, 0.1) is 13.8 Å². The topological polar surface area (TPSA) is 47.6 Å². The van der Waals surface area contributed by atoms with Gasteiger partial charge < -0.3 is 14.8 Å². The highest BCUT2D eigenvalue weighted by Gasteiger charge is 2.13. The van der Waals surface area contributed by atoms with E-state index in [2.05, 4.69) is 37.4 Å². The van der Waals surface area contributed by atoms with Crippen molar-refractivity contribution in [3.05, 3.63) is 58.7 Å². The molecule has 0 aliphatic carbocycles. The highest BCUT2D eigenvalue weighted by atomic mass is 16.6. The van der Waals surface area contributed by atoms with Gasteiger partial charge in [-0.1, -0.05) is 24.3 Å². The molecule has 132 valence electrons. The van der Waals surface area contributed by atoms with Crippen molar-refractivity contribution in [3.8, 4) is 11.5 Å². The van der Waals surface area contributed by atoms with Crippen LogP contribution in [0.5, 0.6) is 11.5 Å². The third-order valence-corrected chi connectivity index (χ3v) is 4.66. The molecule has 2 aromatic carbocycles. The Hall–Kier alpha value is -2.49. The minimum absolute atomic E-state index is 0.00654. The van der Waals surface area contributed by atoms with Crippen LogP contribution >= 0.6 is 0 Å². The van der Waals surface area contributed by atoms with Crippen LogP contribution in [0.4, 0.5) is 0 Å². The van der Waals surface area contributed by atoms with Crippen molar-refractivity contribution in [3.63, 3.8) is 0 Å². The maximum absolute atomic E-state index is 12.3. The smallest absolute Gasteiger partial charge is 0.220 e. The summed E-state index contributed by atoms with van der Waals surface area (Å²) in [6.45, 7) is 7.37. The summed E-state index contributed by atoms with van der Waals surface area (Å²) in [4.78, 5) is 12.3. The first kappa shape index (κ1) is 17.3. The summed E-state index contributed by atoms with van der Waals surface area (Å²) in [5.74, 6) is 1.61. The van der Waals surface area contributed by atoms with E-state index >= 15 is 0 Å². The number of hydrogen-bond acceptors (Lipinski definition) is 3. The Labute approximate surface area is 149 Å². The van der Waals surface area contributed by atoms with Gasteiger partial charge in [-0.15, -0.1) is 0 Å². The van der Waals surface area contributed by atoms with E-state index in [1.165, 1.54) is 11.1 Å². The Kier molecular flexibility index (Phi) is 5.27. The molecule has 0 radical (unpaired) electrons. The van der Waals surface area contributed by atoms with Crippen molar-refractivity contribution in [2.24, 2.45) is 0 Å². The molecule has 4 nitrogen and oxygen atoms in total. The van der Waals surface area contributed by atoms with E-state index < -0.39 is 0 Å². The summed E-state index contributed by atoms with van der Waals surface area (Å²) in [5, 5.41) is 3.08. The van der Waals surface area contributed by atoms with E-state index in [9.17, 15) is 4.79 Å². The number of carbonyl (C=O) groups excluding carboxylic acids is 1. The lowest BCUT2D eigenvalue weighted by atomic mass is 10.0. The molecule has 1 amide bonds. The second-order valence-corrected chi connectivity index (χ2v) is 6.61. The van der Waals surface area contributed by atoms with E-state index in [1.807, 2.05) is 25.1 Å². The van der Waals surface area contributed by atoms with Gasteiger partial charge in [0.25, 0.3) is 0 Å². The predicted molar refractivity (Wildman–Crippen MR) is 98.2 cm³/mol. The summed E-state index contributed by atoms with van der Waals surface area (Å²) in [6.07, 6.45) is 1.14. The largest absolute Gasteiger partial charge is 0.486 e. The fraction of sp³-hybridized carbons (Fsp3) is 0.381. The Morgan fingerprint density at radius 1 is 1.04 bits per heavy atom. The predicted octanol–water partition coefficient (Wildman–Crippen LogP) is 3.88. The maximum Gasteiger partial charge on any atom is 0.220 e. The van der Waals surface area contributed by atoms with Gasteiger partial charge in [-0.2, -0.15) is 0 Å². The Balaban J connectivity index is 1.54. The number of rotatable bonds is 5. The van der Waals surface area contributed by atoms with E-state index in [1.54, 1.807) is 0 Å². The van der Waals surface area contributed by atoms with Crippen LogP contribution in [0.2, 0.25) is 0 Å². The SMILES string of the molecule is Cc1ccc([C@@H](C)NC(=O)CCc2ccc3c(c2)OCCO3)cc1C. The zero-order valence-electron chi connectivity index (χ0n) is 15.1. The van der Waals surface area contributed by atoms with Gasteiger partial charge in [-0.05, 0) is 61.6 Å². The first-order valence-electron chi connectivity index (χ1n) is 8.78. The zero-order valence-corrected chi connectivity index (χ0v) is 15.1. The van der Waals surface area contributed by atoms with Gasteiger partial charge in [0, 0.05) is 6.42 Å². The molecule has 25 heavy (non-hydrogen) atoms. The van der Waals surface area contributed by atoms with Crippen LogP contribution in [0.3, 0.4) is 0 Å². The zero-order chi connectivity index (χ0) is 17.8. The lowest BCUT2D eigenvalue weighted by Gasteiger charge is -2.19. The highest BCUT2D eigenvalue weighted by molar-refractivity contribution is 5.76. The maximum atomic E-state index is 12.3. The lowest BCUT2D eigenvalue weighted by Crippen LogP contribution is -2.26. The number of aryl methyl sites for hydroxylation is 3. The van der Waals surface area contributed by atoms with Crippen LogP contribution < -0.4 is 14.8 Å². The van der Waals surface area contributed by atoms with E-state index in [-0.39, 0.29) is 11.9 Å². The van der Waals surface area contributed by atoms with Crippen molar-refractivity contribution in [1.29, 1.82) is 0 Å². The fourth-order valence-electron chi connectivity index (χ4n) is 2.93. The summed E-state index contributed by atoms with van der Waals surface area (Å²) < 4.78 is 11.1. The summed E-state index contributed by atoms with van der Waals surface area (Å²) in [6, 6.07) is 12.2. The summed E-state index contributed by atoms with van der Waals surface area (Å²) in [5.41, 5.74) is 4.73. The van der Waals surface area contributed by atoms with E-state index in [0.29, 0.717) is 26.1 Å². The van der Waals surface area contributed by atoms with Crippen LogP contribution in [-0.2, 0) is 11.2 Å². The average molecular weight is 339 g/mol. The number of amides is 1. The van der Waals surface area contributed by atoms with Gasteiger partial charge in [0.05, 0.1) is 6.04 Å². The van der Waals surface area contributed by atoms with Crippen molar-refractivity contribution >= 4 is 5.91 Å². The molecular formula is C21H25NO3. The minimum Gasteiger partial charge on any atom is -0.486 e. The third-order valence-electron chi connectivity index (χ3n) is 4.66. The normalized spacial score (nSPS) is 14.0. The van der Waals surface area contributed by atoms with Crippen LogP contribution in [0.25, 0.3) is 0 Å². The van der Waals surface area contributed by atoms with Crippen molar-refractivity contribution in [2.45, 2.75) is 39.7 Å². The van der Waals surface area contributed by atoms with Gasteiger partial charge in [0.2, 0.25) is 5.91 Å². The minimum atomic E-state index is 0.00654. The molecule has 4 heteroatoms. The number of carbonyl (C=O) groups is 1. The van der Waals surface area contributed by atoms with E-state index in [0.717, 1.165) is 22.6 Å². The molecular weight excluding hydrogens is 314 g/mol. The number of ether oxygens (including phenoxy) is 2. The van der Waals surface area contributed by atoms with Gasteiger partial charge in [-0.3, -0.25) is 4.79 Å². The molecule has 1 N–H and O–H groups in total. The average Bonchev–Trinajstić information content (AvgIpc) is 2.62. The molecule has 1 atom stereocenters. The Morgan fingerprint density at radius 2 is 1.80 bits per heavy atom. The molecule has 0 unspecified atom stereocenters. The molecule has 3 rings (SSSR count). The second kappa shape index (κ2) is 7.60. The molecule has 1 aliphatic heterocycles. The number of fused-ring (bicyclic) bond motifs is 1. The molecule has 0 saturated heterocycles. The fourth-order valence-corrected chi connectivity index (χ4v) is 2.93. The molecule has 0 aromatic heterocycles. The van der Waals surface area contributed by atoms with Crippen molar-refractivity contribution in [1.82, 2.24) is 5.32 Å². The van der Waals surface area contributed by atoms with Gasteiger partial charge in [0.15, 0.2) is 11.5 Å². The number of hydrogen-bond donors (Lipinski definition) is 1. The molecule has 2 aromatic rings. The molecule has 1 heterocycles. The van der Waals surface area contributed by atoms with Gasteiger partial charge >= 0.3 is 0 Å². The summed E-state index contributed by atoms with van der Waals surface area (Å²) >= 11 is 0. The third kappa shape index (κ3) is 4.32. The number of nitrogens with one attached hydrogen (secondary N) is 1. The van der Waals surface area contributed by atoms with Gasteiger partial charge in [0.1, 0.15) is 13.2 Å². The molecule has 0 fully saturated rings. The van der Waals surface area contributed by atoms with Crippen LogP contribution in [0.15, 0.2) is 36.4 Å². The second-order valence-electron chi connectivity index (χ2n) is 6.61. The molecule has 0 saturated carbocycles.